The zero-order valence-electron chi connectivity index (χ0n) is 12.0. The molecule has 1 amide bonds. The van der Waals surface area contributed by atoms with Crippen molar-refractivity contribution in [3.63, 3.8) is 0 Å². The van der Waals surface area contributed by atoms with Gasteiger partial charge in [-0.15, -0.1) is 12.4 Å². The van der Waals surface area contributed by atoms with Crippen LogP contribution in [-0.4, -0.2) is 21.5 Å². The van der Waals surface area contributed by atoms with E-state index >= 15 is 0 Å². The van der Waals surface area contributed by atoms with Crippen LogP contribution in [0.2, 0.25) is 0 Å². The third-order valence-corrected chi connectivity index (χ3v) is 3.08. The van der Waals surface area contributed by atoms with Crippen LogP contribution in [0.25, 0.3) is 0 Å². The lowest BCUT2D eigenvalue weighted by Crippen LogP contribution is -2.36. The van der Waals surface area contributed by atoms with E-state index in [-0.39, 0.29) is 18.3 Å². The molecule has 3 N–H and O–H groups in total. The molecule has 0 fully saturated rings. The highest BCUT2D eigenvalue weighted by molar-refractivity contribution is 5.93. The number of hydrogen-bond donors (Lipinski definition) is 2. The van der Waals surface area contributed by atoms with Crippen LogP contribution < -0.4 is 11.1 Å². The normalized spacial score (nSPS) is 11.5. The minimum atomic E-state index is -0.484. The van der Waals surface area contributed by atoms with E-state index in [9.17, 15) is 4.79 Å². The van der Waals surface area contributed by atoms with Crippen molar-refractivity contribution in [3.8, 4) is 0 Å². The van der Waals surface area contributed by atoms with Gasteiger partial charge in [-0.2, -0.15) is 0 Å². The van der Waals surface area contributed by atoms with Gasteiger partial charge in [0.1, 0.15) is 0 Å². The van der Waals surface area contributed by atoms with E-state index in [1.165, 1.54) is 0 Å². The fourth-order valence-corrected chi connectivity index (χ4v) is 1.99. The van der Waals surface area contributed by atoms with Crippen LogP contribution in [0, 0.1) is 0 Å². The number of nitrogens with one attached hydrogen (secondary N) is 1. The van der Waals surface area contributed by atoms with Gasteiger partial charge in [0, 0.05) is 12.4 Å². The van der Waals surface area contributed by atoms with Gasteiger partial charge >= 0.3 is 0 Å². The quantitative estimate of drug-likeness (QED) is 0.860. The molecule has 2 aromatic rings. The second-order valence-electron chi connectivity index (χ2n) is 4.75. The van der Waals surface area contributed by atoms with Gasteiger partial charge < -0.3 is 10.3 Å². The van der Waals surface area contributed by atoms with Gasteiger partial charge in [0.05, 0.1) is 12.6 Å². The standard InChI is InChI=1S/C15H20N4O.ClH/c1-2-6-13(16)14(20)18-15-17-9-10-19(15)11-12-7-4-3-5-8-12;/h3-5,7-10,13H,2,6,11,16H2,1H3,(H,17,18,20);1H. The third-order valence-electron chi connectivity index (χ3n) is 3.08. The van der Waals surface area contributed by atoms with E-state index in [0.717, 1.165) is 12.0 Å². The number of nitrogens with zero attached hydrogens (tertiary/aromatic N) is 2. The number of nitrogens with two attached hydrogens (primary N) is 1. The molecule has 21 heavy (non-hydrogen) atoms. The summed E-state index contributed by atoms with van der Waals surface area (Å²) >= 11 is 0. The zero-order chi connectivity index (χ0) is 14.4. The van der Waals surface area contributed by atoms with Gasteiger partial charge in [0.15, 0.2) is 0 Å². The Morgan fingerprint density at radius 2 is 2.10 bits per heavy atom. The summed E-state index contributed by atoms with van der Waals surface area (Å²) in [4.78, 5) is 16.1. The molecule has 0 spiro atoms. The van der Waals surface area contributed by atoms with E-state index < -0.39 is 6.04 Å². The molecule has 0 saturated heterocycles. The van der Waals surface area contributed by atoms with E-state index in [4.69, 9.17) is 5.73 Å². The van der Waals surface area contributed by atoms with Gasteiger partial charge in [0.2, 0.25) is 11.9 Å². The van der Waals surface area contributed by atoms with Crippen molar-refractivity contribution in [1.29, 1.82) is 0 Å². The molecule has 0 aliphatic heterocycles. The molecule has 0 bridgehead atoms. The van der Waals surface area contributed by atoms with Crippen LogP contribution in [0.1, 0.15) is 25.3 Å². The summed E-state index contributed by atoms with van der Waals surface area (Å²) in [7, 11) is 0. The smallest absolute Gasteiger partial charge is 0.243 e. The summed E-state index contributed by atoms with van der Waals surface area (Å²) < 4.78 is 1.89. The van der Waals surface area contributed by atoms with Crippen molar-refractivity contribution in [2.75, 3.05) is 5.32 Å². The highest BCUT2D eigenvalue weighted by Crippen LogP contribution is 2.10. The lowest BCUT2D eigenvalue weighted by Gasteiger charge is -2.12. The molecule has 1 unspecified atom stereocenters. The molecule has 1 aromatic heterocycles. The fraction of sp³-hybridized carbons (Fsp3) is 0.333. The van der Waals surface area contributed by atoms with Gasteiger partial charge in [-0.05, 0) is 12.0 Å². The second kappa shape index (κ2) is 8.44. The Balaban J connectivity index is 0.00000220. The summed E-state index contributed by atoms with van der Waals surface area (Å²) in [6.07, 6.45) is 5.07. The number of carbonyl (C=O) groups is 1. The minimum Gasteiger partial charge on any atom is -0.320 e. The van der Waals surface area contributed by atoms with E-state index in [0.29, 0.717) is 18.9 Å². The molecule has 5 nitrogen and oxygen atoms in total. The Bertz CT molecular complexity index is 556. The van der Waals surface area contributed by atoms with Crippen LogP contribution >= 0.6 is 12.4 Å². The lowest BCUT2D eigenvalue weighted by atomic mass is 10.2. The van der Waals surface area contributed by atoms with Crippen LogP contribution in [0.15, 0.2) is 42.7 Å². The zero-order valence-corrected chi connectivity index (χ0v) is 12.8. The van der Waals surface area contributed by atoms with E-state index in [2.05, 4.69) is 10.3 Å². The number of amides is 1. The fourth-order valence-electron chi connectivity index (χ4n) is 1.99. The molecule has 1 heterocycles. The van der Waals surface area contributed by atoms with Gasteiger partial charge in [-0.25, -0.2) is 4.98 Å². The average Bonchev–Trinajstić information content (AvgIpc) is 2.87. The SMILES string of the molecule is CCCC(N)C(=O)Nc1nccn1Cc1ccccc1.Cl. The van der Waals surface area contributed by atoms with Gasteiger partial charge in [-0.1, -0.05) is 43.7 Å². The Morgan fingerprint density at radius 1 is 1.38 bits per heavy atom. The summed E-state index contributed by atoms with van der Waals surface area (Å²) in [5.74, 6) is 0.345. The molecule has 2 rings (SSSR count). The molecule has 114 valence electrons. The first-order valence-corrected chi connectivity index (χ1v) is 6.82. The summed E-state index contributed by atoms with van der Waals surface area (Å²) in [5.41, 5.74) is 6.95. The predicted octanol–water partition coefficient (Wildman–Crippen LogP) is 2.42. The first-order chi connectivity index (χ1) is 9.70. The first kappa shape index (κ1) is 17.2. The molecule has 0 radical (unpaired) electrons. The summed E-state index contributed by atoms with van der Waals surface area (Å²) in [6, 6.07) is 9.54. The van der Waals surface area contributed by atoms with Crippen molar-refractivity contribution >= 4 is 24.3 Å². The summed E-state index contributed by atoms with van der Waals surface area (Å²) in [5, 5.41) is 2.78. The molecule has 0 aliphatic carbocycles. The van der Waals surface area contributed by atoms with Crippen LogP contribution in [0.5, 0.6) is 0 Å². The Kier molecular flexibility index (Phi) is 6.91. The number of aromatic nitrogens is 2. The molecule has 1 atom stereocenters. The van der Waals surface area contributed by atoms with Gasteiger partial charge in [-0.3, -0.25) is 10.1 Å². The van der Waals surface area contributed by atoms with Crippen LogP contribution in [0.4, 0.5) is 5.95 Å². The maximum absolute atomic E-state index is 11.9. The molecule has 0 aliphatic rings. The molecule has 0 saturated carbocycles. The van der Waals surface area contributed by atoms with E-state index in [1.807, 2.05) is 48.0 Å². The lowest BCUT2D eigenvalue weighted by molar-refractivity contribution is -0.117. The molecule has 6 heteroatoms. The number of hydrogen-bond acceptors (Lipinski definition) is 3. The molecular formula is C15H21ClN4O. The number of imidazole rings is 1. The predicted molar refractivity (Wildman–Crippen MR) is 86.5 cm³/mol. The Hall–Kier alpha value is -1.85. The topological polar surface area (TPSA) is 72.9 Å². The Labute approximate surface area is 131 Å². The van der Waals surface area contributed by atoms with Crippen molar-refractivity contribution in [2.45, 2.75) is 32.4 Å². The maximum Gasteiger partial charge on any atom is 0.243 e. The van der Waals surface area contributed by atoms with Crippen molar-refractivity contribution < 1.29 is 4.79 Å². The maximum atomic E-state index is 11.9. The summed E-state index contributed by atoms with van der Waals surface area (Å²) in [6.45, 7) is 2.67. The van der Waals surface area contributed by atoms with Crippen molar-refractivity contribution in [3.05, 3.63) is 48.3 Å². The number of anilines is 1. The third kappa shape index (κ3) is 4.88. The van der Waals surface area contributed by atoms with Crippen LogP contribution in [-0.2, 0) is 11.3 Å². The monoisotopic (exact) mass is 308 g/mol. The number of halogens is 1. The number of benzene rings is 1. The molecular weight excluding hydrogens is 288 g/mol. The number of rotatable bonds is 6. The first-order valence-electron chi connectivity index (χ1n) is 6.82. The largest absolute Gasteiger partial charge is 0.320 e. The van der Waals surface area contributed by atoms with Gasteiger partial charge in [0.25, 0.3) is 0 Å². The van der Waals surface area contributed by atoms with Crippen molar-refractivity contribution in [2.24, 2.45) is 5.73 Å². The molecule has 1 aromatic carbocycles. The Morgan fingerprint density at radius 3 is 2.76 bits per heavy atom. The average molecular weight is 309 g/mol. The minimum absolute atomic E-state index is 0. The van der Waals surface area contributed by atoms with E-state index in [1.54, 1.807) is 6.20 Å². The highest BCUT2D eigenvalue weighted by atomic mass is 35.5. The van der Waals surface area contributed by atoms with Crippen LogP contribution in [0.3, 0.4) is 0 Å². The second-order valence-corrected chi connectivity index (χ2v) is 4.75. The van der Waals surface area contributed by atoms with Crippen molar-refractivity contribution in [1.82, 2.24) is 9.55 Å². The number of carbonyl (C=O) groups excluding carboxylic acids is 1. The highest BCUT2D eigenvalue weighted by Gasteiger charge is 2.14.